The fourth-order valence-electron chi connectivity index (χ4n) is 2.86. The number of anilines is 1. The van der Waals surface area contributed by atoms with E-state index in [1.54, 1.807) is 0 Å². The summed E-state index contributed by atoms with van der Waals surface area (Å²) in [6, 6.07) is 11.2. The molecule has 2 aromatic rings. The monoisotopic (exact) mass is 280 g/mol. The molecule has 0 aliphatic carbocycles. The Morgan fingerprint density at radius 3 is 2.67 bits per heavy atom. The average molecular weight is 280 g/mol. The third-order valence-electron chi connectivity index (χ3n) is 4.13. The summed E-state index contributed by atoms with van der Waals surface area (Å²) < 4.78 is 0. The minimum absolute atomic E-state index is 0.934. The van der Waals surface area contributed by atoms with Crippen LogP contribution >= 0.6 is 0 Å². The van der Waals surface area contributed by atoms with Crippen LogP contribution in [0.4, 0.5) is 5.82 Å². The van der Waals surface area contributed by atoms with Gasteiger partial charge in [-0.1, -0.05) is 55.7 Å². The van der Waals surface area contributed by atoms with Crippen LogP contribution in [0.5, 0.6) is 0 Å². The first-order chi connectivity index (χ1) is 10.3. The second-order valence-corrected chi connectivity index (χ2v) is 6.01. The van der Waals surface area contributed by atoms with Crippen LogP contribution < -0.4 is 5.32 Å². The zero-order valence-electron chi connectivity index (χ0n) is 13.0. The van der Waals surface area contributed by atoms with Crippen LogP contribution in [0.25, 0.3) is 17.3 Å². The lowest BCUT2D eigenvalue weighted by atomic mass is 10.0. The van der Waals surface area contributed by atoms with Gasteiger partial charge < -0.3 is 10.3 Å². The van der Waals surface area contributed by atoms with Crippen molar-refractivity contribution >= 4 is 11.9 Å². The third-order valence-corrected chi connectivity index (χ3v) is 4.13. The molecule has 0 atom stereocenters. The first-order valence-corrected chi connectivity index (χ1v) is 7.99. The van der Waals surface area contributed by atoms with E-state index >= 15 is 0 Å². The molecule has 2 heterocycles. The van der Waals surface area contributed by atoms with Gasteiger partial charge in [0, 0.05) is 17.8 Å². The molecular formula is C19H24N2. The van der Waals surface area contributed by atoms with E-state index in [-0.39, 0.29) is 0 Å². The molecule has 0 radical (unpaired) electrons. The van der Waals surface area contributed by atoms with Gasteiger partial charge in [-0.05, 0) is 37.0 Å². The molecular weight excluding hydrogens is 256 g/mol. The molecule has 0 spiro atoms. The fourth-order valence-corrected chi connectivity index (χ4v) is 2.86. The highest BCUT2D eigenvalue weighted by atomic mass is 15.0. The molecule has 1 aliphatic heterocycles. The lowest BCUT2D eigenvalue weighted by Gasteiger charge is -2.11. The third kappa shape index (κ3) is 3.21. The normalized spacial score (nSPS) is 13.5. The molecule has 0 saturated carbocycles. The number of hydrogen-bond donors (Lipinski definition) is 2. The van der Waals surface area contributed by atoms with E-state index < -0.39 is 0 Å². The van der Waals surface area contributed by atoms with Crippen molar-refractivity contribution in [2.24, 2.45) is 0 Å². The van der Waals surface area contributed by atoms with E-state index in [9.17, 15) is 0 Å². The Morgan fingerprint density at radius 1 is 1.10 bits per heavy atom. The van der Waals surface area contributed by atoms with E-state index in [2.05, 4.69) is 60.6 Å². The number of fused-ring (bicyclic) bond motifs is 1. The van der Waals surface area contributed by atoms with Crippen molar-refractivity contribution in [3.63, 3.8) is 0 Å². The number of rotatable bonds is 5. The van der Waals surface area contributed by atoms with Crippen LogP contribution in [0.3, 0.4) is 0 Å². The molecule has 1 aromatic heterocycles. The van der Waals surface area contributed by atoms with Crippen LogP contribution in [0.15, 0.2) is 35.9 Å². The first-order valence-electron chi connectivity index (χ1n) is 7.99. The van der Waals surface area contributed by atoms with Gasteiger partial charge in [-0.2, -0.15) is 0 Å². The average Bonchev–Trinajstić information content (AvgIpc) is 2.91. The van der Waals surface area contributed by atoms with Gasteiger partial charge >= 0.3 is 0 Å². The molecule has 1 aliphatic rings. The number of hydrogen-bond acceptors (Lipinski definition) is 1. The van der Waals surface area contributed by atoms with Gasteiger partial charge in [-0.25, -0.2) is 0 Å². The van der Waals surface area contributed by atoms with Crippen LogP contribution in [0.2, 0.25) is 0 Å². The van der Waals surface area contributed by atoms with Gasteiger partial charge in [-0.15, -0.1) is 0 Å². The first kappa shape index (κ1) is 14.0. The Bertz CT molecular complexity index is 632. The van der Waals surface area contributed by atoms with Crippen LogP contribution in [0.1, 0.15) is 44.2 Å². The molecule has 2 nitrogen and oxygen atoms in total. The number of benzene rings is 1. The standard InChI is InChI=1S/C19H24N2/c1-3-4-5-6-15-7-9-16(10-8-15)18-12-17-11-14(2)13-20-19(17)21-18/h7-12,20-21H,3-6,13H2,1-2H3. The predicted molar refractivity (Wildman–Crippen MR) is 91.6 cm³/mol. The maximum atomic E-state index is 3.49. The van der Waals surface area contributed by atoms with Crippen molar-refractivity contribution in [3.05, 3.63) is 47.0 Å². The van der Waals surface area contributed by atoms with Crippen LogP contribution in [-0.4, -0.2) is 11.5 Å². The lowest BCUT2D eigenvalue weighted by molar-refractivity contribution is 0.717. The van der Waals surface area contributed by atoms with E-state index in [0.717, 1.165) is 12.4 Å². The summed E-state index contributed by atoms with van der Waals surface area (Å²) in [7, 11) is 0. The van der Waals surface area contributed by atoms with Gasteiger partial charge in [0.05, 0.1) is 0 Å². The quantitative estimate of drug-likeness (QED) is 0.720. The number of aryl methyl sites for hydroxylation is 1. The predicted octanol–water partition coefficient (Wildman–Crippen LogP) is 5.24. The molecule has 21 heavy (non-hydrogen) atoms. The number of nitrogens with one attached hydrogen (secondary N) is 2. The minimum atomic E-state index is 0.934. The largest absolute Gasteiger partial charge is 0.367 e. The Balaban J connectivity index is 1.75. The van der Waals surface area contributed by atoms with Crippen molar-refractivity contribution < 1.29 is 0 Å². The summed E-state index contributed by atoms with van der Waals surface area (Å²) in [5.74, 6) is 1.14. The summed E-state index contributed by atoms with van der Waals surface area (Å²) in [6.45, 7) is 5.34. The molecule has 0 bridgehead atoms. The molecule has 2 N–H and O–H groups in total. The highest BCUT2D eigenvalue weighted by molar-refractivity contribution is 5.76. The molecule has 0 unspecified atom stereocenters. The van der Waals surface area contributed by atoms with Gasteiger partial charge in [0.2, 0.25) is 0 Å². The SMILES string of the molecule is CCCCCc1ccc(-c2cc3c([nH]2)NCC(C)=C3)cc1. The summed E-state index contributed by atoms with van der Waals surface area (Å²) in [4.78, 5) is 3.49. The second-order valence-electron chi connectivity index (χ2n) is 6.01. The molecule has 0 saturated heterocycles. The number of unbranched alkanes of at least 4 members (excludes halogenated alkanes) is 2. The van der Waals surface area contributed by atoms with Gasteiger partial charge in [-0.3, -0.25) is 0 Å². The van der Waals surface area contributed by atoms with Crippen molar-refractivity contribution in [1.29, 1.82) is 0 Å². The van der Waals surface area contributed by atoms with Crippen molar-refractivity contribution in [2.45, 2.75) is 39.5 Å². The molecule has 110 valence electrons. The van der Waals surface area contributed by atoms with Crippen LogP contribution in [-0.2, 0) is 6.42 Å². The van der Waals surface area contributed by atoms with Gasteiger partial charge in [0.15, 0.2) is 0 Å². The summed E-state index contributed by atoms with van der Waals surface area (Å²) in [5, 5.41) is 3.42. The molecule has 2 heteroatoms. The Kier molecular flexibility index (Phi) is 4.14. The number of H-pyrrole nitrogens is 1. The zero-order valence-corrected chi connectivity index (χ0v) is 13.0. The highest BCUT2D eigenvalue weighted by Crippen LogP contribution is 2.29. The highest BCUT2D eigenvalue weighted by Gasteiger charge is 2.11. The van der Waals surface area contributed by atoms with Gasteiger partial charge in [0.25, 0.3) is 0 Å². The molecule has 0 fully saturated rings. The topological polar surface area (TPSA) is 27.8 Å². The number of aromatic nitrogens is 1. The Morgan fingerprint density at radius 2 is 1.90 bits per heavy atom. The summed E-state index contributed by atoms with van der Waals surface area (Å²) in [6.07, 6.45) is 7.35. The molecule has 3 rings (SSSR count). The Hall–Kier alpha value is -1.96. The fraction of sp³-hybridized carbons (Fsp3) is 0.368. The molecule has 0 amide bonds. The van der Waals surface area contributed by atoms with Crippen molar-refractivity contribution in [1.82, 2.24) is 4.98 Å². The van der Waals surface area contributed by atoms with Crippen molar-refractivity contribution in [2.75, 3.05) is 11.9 Å². The smallest absolute Gasteiger partial charge is 0.111 e. The molecule has 1 aromatic carbocycles. The van der Waals surface area contributed by atoms with E-state index in [0.29, 0.717) is 0 Å². The maximum absolute atomic E-state index is 3.49. The second kappa shape index (κ2) is 6.21. The number of aromatic amines is 1. The van der Waals surface area contributed by atoms with Crippen LogP contribution in [0, 0.1) is 0 Å². The Labute approximate surface area is 127 Å². The van der Waals surface area contributed by atoms with E-state index in [1.807, 2.05) is 0 Å². The maximum Gasteiger partial charge on any atom is 0.111 e. The van der Waals surface area contributed by atoms with E-state index in [1.165, 1.54) is 53.6 Å². The summed E-state index contributed by atoms with van der Waals surface area (Å²) in [5.41, 5.74) is 6.53. The summed E-state index contributed by atoms with van der Waals surface area (Å²) >= 11 is 0. The van der Waals surface area contributed by atoms with E-state index in [4.69, 9.17) is 0 Å². The zero-order chi connectivity index (χ0) is 14.7. The lowest BCUT2D eigenvalue weighted by Crippen LogP contribution is -2.07. The van der Waals surface area contributed by atoms with Crippen molar-refractivity contribution in [3.8, 4) is 11.3 Å². The minimum Gasteiger partial charge on any atom is -0.367 e. The van der Waals surface area contributed by atoms with Gasteiger partial charge in [0.1, 0.15) is 5.82 Å².